The number of hydrogen-bond acceptors (Lipinski definition) is 4. The lowest BCUT2D eigenvalue weighted by molar-refractivity contribution is -0.131. The molecule has 1 saturated heterocycles. The Kier molecular flexibility index (Phi) is 4.54. The molecule has 116 valence electrons. The molecule has 3 rings (SSSR count). The topological polar surface area (TPSA) is 78.0 Å². The first-order chi connectivity index (χ1) is 10.2. The normalized spacial score (nSPS) is 27.5. The highest BCUT2D eigenvalue weighted by Crippen LogP contribution is 2.32. The van der Waals surface area contributed by atoms with Gasteiger partial charge in [-0.1, -0.05) is 25.7 Å². The largest absolute Gasteiger partial charge is 0.379 e. The third-order valence-electron chi connectivity index (χ3n) is 4.56. The molecule has 1 amide bonds. The van der Waals surface area contributed by atoms with Gasteiger partial charge in [-0.05, 0) is 25.0 Å². The predicted octanol–water partition coefficient (Wildman–Crippen LogP) is 2.65. The number of thioether (sulfide) groups is 1. The smallest absolute Gasteiger partial charge is 0.258 e. The van der Waals surface area contributed by atoms with Crippen molar-refractivity contribution in [2.45, 2.75) is 56.5 Å². The van der Waals surface area contributed by atoms with Crippen molar-refractivity contribution in [3.05, 3.63) is 11.8 Å². The van der Waals surface area contributed by atoms with Crippen molar-refractivity contribution < 1.29 is 9.90 Å². The van der Waals surface area contributed by atoms with Crippen LogP contribution in [-0.4, -0.2) is 38.3 Å². The van der Waals surface area contributed by atoms with Crippen LogP contribution in [0.2, 0.25) is 0 Å². The van der Waals surface area contributed by atoms with Crippen LogP contribution in [0.4, 0.5) is 5.82 Å². The van der Waals surface area contributed by atoms with E-state index in [2.05, 4.69) is 15.5 Å². The molecule has 1 aromatic rings. The Balaban J connectivity index is 1.63. The molecule has 1 aromatic heterocycles. The number of H-pyrrole nitrogens is 1. The molecule has 0 spiro atoms. The summed E-state index contributed by atoms with van der Waals surface area (Å²) in [5, 5.41) is 20.2. The van der Waals surface area contributed by atoms with Gasteiger partial charge >= 0.3 is 0 Å². The van der Waals surface area contributed by atoms with Crippen LogP contribution >= 0.6 is 11.8 Å². The first-order valence-electron chi connectivity index (χ1n) is 7.84. The molecule has 1 aliphatic carbocycles. The number of aromatic nitrogens is 2. The molecule has 21 heavy (non-hydrogen) atoms. The molecular formula is C15H23N3O2S. The number of rotatable bonds is 3. The van der Waals surface area contributed by atoms with E-state index >= 15 is 0 Å². The molecule has 0 bridgehead atoms. The first-order valence-corrected chi connectivity index (χ1v) is 9.00. The molecule has 0 aromatic carbocycles. The van der Waals surface area contributed by atoms with E-state index in [1.54, 1.807) is 11.8 Å². The number of aliphatic hydroxyl groups is 1. The Labute approximate surface area is 129 Å². The fraction of sp³-hybridized carbons (Fsp3) is 0.733. The van der Waals surface area contributed by atoms with Gasteiger partial charge in [0.05, 0.1) is 0 Å². The Morgan fingerprint density at radius 1 is 1.38 bits per heavy atom. The summed E-state index contributed by atoms with van der Waals surface area (Å²) in [7, 11) is 0. The van der Waals surface area contributed by atoms with Crippen molar-refractivity contribution in [1.29, 1.82) is 0 Å². The van der Waals surface area contributed by atoms with Crippen molar-refractivity contribution >= 4 is 23.5 Å². The van der Waals surface area contributed by atoms with Crippen LogP contribution in [0, 0.1) is 0 Å². The molecule has 5 nitrogen and oxygen atoms in total. The third kappa shape index (κ3) is 3.43. The Hall–Kier alpha value is -1.01. The average Bonchev–Trinajstić information content (AvgIpc) is 3.02. The summed E-state index contributed by atoms with van der Waals surface area (Å²) in [6.45, 7) is 0. The van der Waals surface area contributed by atoms with E-state index in [4.69, 9.17) is 0 Å². The molecule has 2 fully saturated rings. The summed E-state index contributed by atoms with van der Waals surface area (Å²) in [5.74, 6) is 2.03. The third-order valence-corrected chi connectivity index (χ3v) is 5.73. The lowest BCUT2D eigenvalue weighted by Gasteiger charge is -2.19. The number of nitrogens with zero attached hydrogens (tertiary/aromatic N) is 1. The Bertz CT molecular complexity index is 489. The number of amides is 1. The van der Waals surface area contributed by atoms with Crippen LogP contribution in [0.3, 0.4) is 0 Å². The molecule has 3 N–H and O–H groups in total. The second-order valence-corrected chi connectivity index (χ2v) is 7.29. The van der Waals surface area contributed by atoms with E-state index in [1.165, 1.54) is 38.5 Å². The standard InChI is InChI=1S/C15H23N3O2S/c19-14(15(20)7-8-21-10-15)16-13-9-12(17-18-13)11-5-3-1-2-4-6-11/h9,11,20H,1-8,10H2,(H2,16,17,18,19)/t15-/m0/s1. The highest BCUT2D eigenvalue weighted by atomic mass is 32.2. The van der Waals surface area contributed by atoms with Crippen molar-refractivity contribution in [2.24, 2.45) is 0 Å². The summed E-state index contributed by atoms with van der Waals surface area (Å²) in [4.78, 5) is 12.1. The summed E-state index contributed by atoms with van der Waals surface area (Å²) in [6, 6.07) is 1.93. The van der Waals surface area contributed by atoms with Gasteiger partial charge in [-0.25, -0.2) is 0 Å². The lowest BCUT2D eigenvalue weighted by atomic mass is 9.97. The van der Waals surface area contributed by atoms with Gasteiger partial charge in [-0.15, -0.1) is 0 Å². The van der Waals surface area contributed by atoms with Crippen molar-refractivity contribution in [3.8, 4) is 0 Å². The fourth-order valence-corrected chi connectivity index (χ4v) is 4.41. The van der Waals surface area contributed by atoms with Crippen LogP contribution < -0.4 is 5.32 Å². The molecule has 0 unspecified atom stereocenters. The number of anilines is 1. The van der Waals surface area contributed by atoms with Gasteiger partial charge in [0.2, 0.25) is 0 Å². The van der Waals surface area contributed by atoms with Gasteiger partial charge in [0.15, 0.2) is 11.4 Å². The minimum Gasteiger partial charge on any atom is -0.379 e. The molecule has 1 aliphatic heterocycles. The van der Waals surface area contributed by atoms with Gasteiger partial charge in [0.1, 0.15) is 0 Å². The molecular weight excluding hydrogens is 286 g/mol. The van der Waals surface area contributed by atoms with Crippen LogP contribution in [0.25, 0.3) is 0 Å². The Morgan fingerprint density at radius 2 is 2.14 bits per heavy atom. The zero-order chi connectivity index (χ0) is 14.7. The van der Waals surface area contributed by atoms with Crippen molar-refractivity contribution in [3.63, 3.8) is 0 Å². The highest BCUT2D eigenvalue weighted by molar-refractivity contribution is 7.99. The quantitative estimate of drug-likeness (QED) is 0.750. The minimum atomic E-state index is -1.23. The van der Waals surface area contributed by atoms with Gasteiger partial charge in [0.25, 0.3) is 5.91 Å². The van der Waals surface area contributed by atoms with Gasteiger partial charge < -0.3 is 10.4 Å². The van der Waals surface area contributed by atoms with E-state index in [1.807, 2.05) is 6.07 Å². The second kappa shape index (κ2) is 6.40. The maximum absolute atomic E-state index is 12.1. The minimum absolute atomic E-state index is 0.327. The van der Waals surface area contributed by atoms with Crippen LogP contribution in [0.1, 0.15) is 56.6 Å². The average molecular weight is 309 g/mol. The summed E-state index contributed by atoms with van der Waals surface area (Å²) >= 11 is 1.61. The summed E-state index contributed by atoms with van der Waals surface area (Å²) in [6.07, 6.45) is 8.07. The maximum atomic E-state index is 12.1. The van der Waals surface area contributed by atoms with E-state index in [9.17, 15) is 9.90 Å². The zero-order valence-electron chi connectivity index (χ0n) is 12.2. The number of carbonyl (C=O) groups excluding carboxylic acids is 1. The zero-order valence-corrected chi connectivity index (χ0v) is 13.0. The van der Waals surface area contributed by atoms with Crippen LogP contribution in [0.5, 0.6) is 0 Å². The van der Waals surface area contributed by atoms with E-state index < -0.39 is 5.60 Å². The SMILES string of the molecule is O=C(Nc1cc(C2CCCCCC2)[nH]n1)[C@]1(O)CCSC1. The van der Waals surface area contributed by atoms with Crippen molar-refractivity contribution in [2.75, 3.05) is 16.8 Å². The van der Waals surface area contributed by atoms with Gasteiger partial charge in [-0.3, -0.25) is 9.89 Å². The van der Waals surface area contributed by atoms with E-state index in [-0.39, 0.29) is 5.91 Å². The highest BCUT2D eigenvalue weighted by Gasteiger charge is 2.39. The molecule has 2 heterocycles. The van der Waals surface area contributed by atoms with Gasteiger partial charge in [-0.2, -0.15) is 16.9 Å². The number of aromatic amines is 1. The number of hydrogen-bond donors (Lipinski definition) is 3. The number of nitrogens with one attached hydrogen (secondary N) is 2. The molecule has 1 atom stereocenters. The molecule has 2 aliphatic rings. The summed E-state index contributed by atoms with van der Waals surface area (Å²) in [5.41, 5.74) is -0.119. The van der Waals surface area contributed by atoms with Crippen molar-refractivity contribution in [1.82, 2.24) is 10.2 Å². The molecule has 0 radical (unpaired) electrons. The summed E-state index contributed by atoms with van der Waals surface area (Å²) < 4.78 is 0. The Morgan fingerprint density at radius 3 is 2.81 bits per heavy atom. The van der Waals surface area contributed by atoms with Gasteiger partial charge in [0, 0.05) is 23.4 Å². The monoisotopic (exact) mass is 309 g/mol. The number of carbonyl (C=O) groups is 1. The first kappa shape index (κ1) is 14.9. The fourth-order valence-electron chi connectivity index (χ4n) is 3.17. The lowest BCUT2D eigenvalue weighted by Crippen LogP contribution is -2.42. The van der Waals surface area contributed by atoms with Crippen LogP contribution in [-0.2, 0) is 4.79 Å². The van der Waals surface area contributed by atoms with Crippen LogP contribution in [0.15, 0.2) is 6.07 Å². The maximum Gasteiger partial charge on any atom is 0.258 e. The molecule has 1 saturated carbocycles. The van der Waals surface area contributed by atoms with E-state index in [0.29, 0.717) is 23.9 Å². The molecule has 6 heteroatoms. The second-order valence-electron chi connectivity index (χ2n) is 6.19. The predicted molar refractivity (Wildman–Crippen MR) is 84.6 cm³/mol. The van der Waals surface area contributed by atoms with E-state index in [0.717, 1.165) is 11.4 Å².